The number of rotatable bonds is 3. The van der Waals surface area contributed by atoms with Gasteiger partial charge >= 0.3 is 0 Å². The van der Waals surface area contributed by atoms with E-state index in [4.69, 9.17) is 0 Å². The van der Waals surface area contributed by atoms with Gasteiger partial charge in [-0.3, -0.25) is 19.3 Å². The van der Waals surface area contributed by atoms with Gasteiger partial charge in [-0.25, -0.2) is 0 Å². The van der Waals surface area contributed by atoms with Crippen LogP contribution in [-0.2, 0) is 14.4 Å². The third kappa shape index (κ3) is 3.38. The van der Waals surface area contributed by atoms with Crippen molar-refractivity contribution >= 4 is 17.7 Å². The lowest BCUT2D eigenvalue weighted by Gasteiger charge is -2.17. The molecule has 0 aromatic heterocycles. The Labute approximate surface area is 82.8 Å². The van der Waals surface area contributed by atoms with Crippen LogP contribution in [0.5, 0.6) is 0 Å². The summed E-state index contributed by atoms with van der Waals surface area (Å²) >= 11 is 0. The molecule has 0 aliphatic carbocycles. The number of nitrogens with one attached hydrogen (secondary N) is 1. The second kappa shape index (κ2) is 5.16. The van der Waals surface area contributed by atoms with Crippen LogP contribution >= 0.6 is 0 Å². The lowest BCUT2D eigenvalue weighted by atomic mass is 10.3. The molecule has 3 amide bonds. The van der Waals surface area contributed by atoms with Gasteiger partial charge in [0.15, 0.2) is 0 Å². The monoisotopic (exact) mass is 198 g/mol. The third-order valence-corrected chi connectivity index (χ3v) is 1.53. The van der Waals surface area contributed by atoms with Gasteiger partial charge < -0.3 is 5.32 Å². The molecule has 0 spiro atoms. The van der Waals surface area contributed by atoms with E-state index in [-0.39, 0.29) is 24.1 Å². The minimum absolute atomic E-state index is 0.0884. The lowest BCUT2D eigenvalue weighted by Crippen LogP contribution is -2.40. The van der Waals surface area contributed by atoms with E-state index in [0.717, 1.165) is 4.90 Å². The maximum atomic E-state index is 11.4. The predicted molar refractivity (Wildman–Crippen MR) is 51.0 cm³/mol. The van der Waals surface area contributed by atoms with Crippen LogP contribution < -0.4 is 5.32 Å². The molecule has 0 rings (SSSR count). The summed E-state index contributed by atoms with van der Waals surface area (Å²) in [4.78, 5) is 34.0. The highest BCUT2D eigenvalue weighted by Gasteiger charge is 2.19. The topological polar surface area (TPSA) is 66.5 Å². The molecule has 0 atom stereocenters. The van der Waals surface area contributed by atoms with Gasteiger partial charge in [0.1, 0.15) is 0 Å². The summed E-state index contributed by atoms with van der Waals surface area (Å²) in [6.45, 7) is 7.84. The first kappa shape index (κ1) is 12.3. The molecule has 0 bridgehead atoms. The van der Waals surface area contributed by atoms with Gasteiger partial charge in [0.2, 0.25) is 11.8 Å². The Balaban J connectivity index is 4.51. The smallest absolute Gasteiger partial charge is 0.276 e. The Morgan fingerprint density at radius 1 is 1.29 bits per heavy atom. The maximum absolute atomic E-state index is 11.4. The van der Waals surface area contributed by atoms with Crippen LogP contribution in [-0.4, -0.2) is 29.2 Å². The van der Waals surface area contributed by atoms with Crippen LogP contribution in [0.4, 0.5) is 0 Å². The zero-order valence-corrected chi connectivity index (χ0v) is 8.59. The SMILES string of the molecule is C=C(NC(C)=O)C(=O)N(CC)C(C)=O. The largest absolute Gasteiger partial charge is 0.322 e. The van der Waals surface area contributed by atoms with E-state index in [2.05, 4.69) is 11.9 Å². The number of amides is 3. The molecule has 0 aliphatic rings. The number of hydrogen-bond acceptors (Lipinski definition) is 3. The molecule has 0 aromatic rings. The average Bonchev–Trinajstić information content (AvgIpc) is 2.03. The quantitative estimate of drug-likeness (QED) is 0.651. The first-order chi connectivity index (χ1) is 6.40. The second-order valence-electron chi connectivity index (χ2n) is 2.73. The summed E-state index contributed by atoms with van der Waals surface area (Å²) in [6.07, 6.45) is 0. The first-order valence-electron chi connectivity index (χ1n) is 4.19. The van der Waals surface area contributed by atoms with Crippen LogP contribution in [0.2, 0.25) is 0 Å². The normalized spacial score (nSPS) is 9.07. The Morgan fingerprint density at radius 2 is 1.79 bits per heavy atom. The van der Waals surface area contributed by atoms with Gasteiger partial charge in [-0.05, 0) is 6.92 Å². The fourth-order valence-corrected chi connectivity index (χ4v) is 0.938. The van der Waals surface area contributed by atoms with E-state index in [1.165, 1.54) is 13.8 Å². The summed E-state index contributed by atoms with van der Waals surface area (Å²) in [6, 6.07) is 0. The second-order valence-corrected chi connectivity index (χ2v) is 2.73. The summed E-state index contributed by atoms with van der Waals surface area (Å²) in [7, 11) is 0. The highest BCUT2D eigenvalue weighted by Crippen LogP contribution is 1.97. The highest BCUT2D eigenvalue weighted by molar-refractivity contribution is 6.04. The molecule has 0 fully saturated rings. The van der Waals surface area contributed by atoms with Gasteiger partial charge in [0.05, 0.1) is 5.70 Å². The van der Waals surface area contributed by atoms with Crippen LogP contribution in [0.3, 0.4) is 0 Å². The van der Waals surface area contributed by atoms with Gasteiger partial charge in [-0.15, -0.1) is 0 Å². The minimum Gasteiger partial charge on any atom is -0.322 e. The lowest BCUT2D eigenvalue weighted by molar-refractivity contribution is -0.141. The molecule has 14 heavy (non-hydrogen) atoms. The maximum Gasteiger partial charge on any atom is 0.276 e. The Bertz CT molecular complexity index is 284. The molecule has 0 saturated heterocycles. The summed E-state index contributed by atoms with van der Waals surface area (Å²) < 4.78 is 0. The van der Waals surface area contributed by atoms with Gasteiger partial charge in [-0.2, -0.15) is 0 Å². The van der Waals surface area contributed by atoms with E-state index >= 15 is 0 Å². The number of imide groups is 1. The molecule has 0 aromatic carbocycles. The number of carbonyl (C=O) groups excluding carboxylic acids is 3. The zero-order valence-electron chi connectivity index (χ0n) is 8.59. The molecule has 5 nitrogen and oxygen atoms in total. The average molecular weight is 198 g/mol. The summed E-state index contributed by atoms with van der Waals surface area (Å²) in [5.74, 6) is -1.33. The molecule has 0 aliphatic heterocycles. The number of carbonyl (C=O) groups is 3. The van der Waals surface area contributed by atoms with Crippen molar-refractivity contribution in [3.63, 3.8) is 0 Å². The van der Waals surface area contributed by atoms with Gasteiger partial charge in [0.25, 0.3) is 5.91 Å². The first-order valence-corrected chi connectivity index (χ1v) is 4.19. The van der Waals surface area contributed by atoms with Crippen molar-refractivity contribution in [1.29, 1.82) is 0 Å². The van der Waals surface area contributed by atoms with Crippen molar-refractivity contribution in [3.05, 3.63) is 12.3 Å². The third-order valence-electron chi connectivity index (χ3n) is 1.53. The molecular formula is C9H14N2O3. The van der Waals surface area contributed by atoms with Crippen molar-refractivity contribution in [1.82, 2.24) is 10.2 Å². The van der Waals surface area contributed by atoms with E-state index in [1.807, 2.05) is 0 Å². The van der Waals surface area contributed by atoms with Crippen molar-refractivity contribution < 1.29 is 14.4 Å². The molecule has 1 N–H and O–H groups in total. The molecule has 78 valence electrons. The predicted octanol–water partition coefficient (Wildman–Crippen LogP) is 0.0312. The number of nitrogens with zero attached hydrogens (tertiary/aromatic N) is 1. The van der Waals surface area contributed by atoms with Gasteiger partial charge in [0, 0.05) is 20.4 Å². The fraction of sp³-hybridized carbons (Fsp3) is 0.444. The summed E-state index contributed by atoms with van der Waals surface area (Å²) in [5, 5.41) is 2.24. The van der Waals surface area contributed by atoms with Crippen molar-refractivity contribution in [2.45, 2.75) is 20.8 Å². The van der Waals surface area contributed by atoms with Crippen LogP contribution in [0, 0.1) is 0 Å². The Hall–Kier alpha value is -1.65. The highest BCUT2D eigenvalue weighted by atomic mass is 16.2. The molecule has 0 radical (unpaired) electrons. The van der Waals surface area contributed by atoms with Crippen molar-refractivity contribution in [2.75, 3.05) is 6.54 Å². The molecule has 0 saturated carbocycles. The van der Waals surface area contributed by atoms with Crippen LogP contribution in [0.1, 0.15) is 20.8 Å². The Kier molecular flexibility index (Phi) is 4.55. The summed E-state index contributed by atoms with van der Waals surface area (Å²) in [5.41, 5.74) is -0.0884. The van der Waals surface area contributed by atoms with Crippen molar-refractivity contribution in [2.24, 2.45) is 0 Å². The van der Waals surface area contributed by atoms with E-state index in [1.54, 1.807) is 6.92 Å². The van der Waals surface area contributed by atoms with E-state index < -0.39 is 5.91 Å². The Morgan fingerprint density at radius 3 is 2.07 bits per heavy atom. The van der Waals surface area contributed by atoms with Gasteiger partial charge in [-0.1, -0.05) is 6.58 Å². The van der Waals surface area contributed by atoms with Crippen molar-refractivity contribution in [3.8, 4) is 0 Å². The van der Waals surface area contributed by atoms with Crippen LogP contribution in [0.25, 0.3) is 0 Å². The standard InChI is InChI=1S/C9H14N2O3/c1-5-11(8(4)13)9(14)6(2)10-7(3)12/h2,5H2,1,3-4H3,(H,10,12). The molecule has 0 heterocycles. The fourth-order valence-electron chi connectivity index (χ4n) is 0.938. The molecular weight excluding hydrogens is 184 g/mol. The number of hydrogen-bond donors (Lipinski definition) is 1. The zero-order chi connectivity index (χ0) is 11.3. The minimum atomic E-state index is -0.574. The van der Waals surface area contributed by atoms with E-state index in [9.17, 15) is 14.4 Å². The number of likely N-dealkylation sites (N-methyl/N-ethyl adjacent to an activating group) is 1. The van der Waals surface area contributed by atoms with Crippen LogP contribution in [0.15, 0.2) is 12.3 Å². The molecule has 5 heteroatoms. The molecule has 0 unspecified atom stereocenters. The van der Waals surface area contributed by atoms with E-state index in [0.29, 0.717) is 0 Å².